The molecule has 0 aliphatic rings. The molecule has 7 heteroatoms. The van der Waals surface area contributed by atoms with Gasteiger partial charge in [0.1, 0.15) is 17.3 Å². The number of nitrogens with one attached hydrogen (secondary N) is 2. The summed E-state index contributed by atoms with van der Waals surface area (Å²) in [7, 11) is 3.95. The first-order chi connectivity index (χ1) is 15.0. The van der Waals surface area contributed by atoms with Crippen LogP contribution in [0.1, 0.15) is 25.2 Å². The van der Waals surface area contributed by atoms with Crippen LogP contribution in [-0.2, 0) is 13.0 Å². The fraction of sp³-hybridized carbons (Fsp3) is 0.333. The van der Waals surface area contributed by atoms with Crippen molar-refractivity contribution in [3.05, 3.63) is 72.3 Å². The number of rotatable bonds is 9. The lowest BCUT2D eigenvalue weighted by Gasteiger charge is -2.14. The summed E-state index contributed by atoms with van der Waals surface area (Å²) >= 11 is 0. The van der Waals surface area contributed by atoms with Gasteiger partial charge in [-0.25, -0.2) is 9.98 Å². The second kappa shape index (κ2) is 11.1. The third kappa shape index (κ3) is 7.37. The molecule has 7 nitrogen and oxygen atoms in total. The van der Waals surface area contributed by atoms with Gasteiger partial charge in [-0.1, -0.05) is 0 Å². The number of pyridine rings is 1. The van der Waals surface area contributed by atoms with Gasteiger partial charge in [0.05, 0.1) is 18.9 Å². The van der Waals surface area contributed by atoms with Crippen molar-refractivity contribution in [1.82, 2.24) is 10.3 Å². The van der Waals surface area contributed by atoms with Crippen molar-refractivity contribution in [2.75, 3.05) is 30.9 Å². The van der Waals surface area contributed by atoms with Gasteiger partial charge in [0, 0.05) is 38.9 Å². The zero-order valence-electron chi connectivity index (χ0n) is 18.6. The maximum absolute atomic E-state index is 5.72. The quantitative estimate of drug-likeness (QED) is 0.396. The molecule has 2 aromatic heterocycles. The fourth-order valence-corrected chi connectivity index (χ4v) is 2.90. The minimum absolute atomic E-state index is 0.145. The Hall–Kier alpha value is -3.48. The van der Waals surface area contributed by atoms with Gasteiger partial charge in [-0.05, 0) is 67.9 Å². The summed E-state index contributed by atoms with van der Waals surface area (Å²) in [5, 5.41) is 6.76. The number of guanidine groups is 1. The fourth-order valence-electron chi connectivity index (χ4n) is 2.90. The zero-order valence-corrected chi connectivity index (χ0v) is 18.6. The van der Waals surface area contributed by atoms with E-state index in [9.17, 15) is 0 Å². The highest BCUT2D eigenvalue weighted by Gasteiger charge is 2.05. The van der Waals surface area contributed by atoms with E-state index in [1.165, 1.54) is 0 Å². The highest BCUT2D eigenvalue weighted by atomic mass is 16.5. The maximum atomic E-state index is 5.72. The predicted molar refractivity (Wildman–Crippen MR) is 126 cm³/mol. The lowest BCUT2D eigenvalue weighted by Crippen LogP contribution is -2.32. The lowest BCUT2D eigenvalue weighted by atomic mass is 10.2. The molecule has 0 radical (unpaired) electrons. The molecule has 0 saturated heterocycles. The molecule has 0 aliphatic heterocycles. The van der Waals surface area contributed by atoms with Crippen LogP contribution < -0.4 is 20.3 Å². The SMILES string of the molecule is CC(C)Oc1ccc(NC(=NCc2ccnc(N(C)C)c2)NCCc2ccco2)cc1. The van der Waals surface area contributed by atoms with Gasteiger partial charge in [0.25, 0.3) is 0 Å². The van der Waals surface area contributed by atoms with Gasteiger partial charge in [-0.2, -0.15) is 0 Å². The van der Waals surface area contributed by atoms with E-state index in [0.29, 0.717) is 19.0 Å². The molecule has 164 valence electrons. The van der Waals surface area contributed by atoms with E-state index in [-0.39, 0.29) is 6.10 Å². The van der Waals surface area contributed by atoms with Crippen LogP contribution in [0.2, 0.25) is 0 Å². The van der Waals surface area contributed by atoms with Crippen LogP contribution in [0, 0.1) is 0 Å². The normalized spacial score (nSPS) is 11.5. The largest absolute Gasteiger partial charge is 0.491 e. The van der Waals surface area contributed by atoms with Crippen molar-refractivity contribution in [2.24, 2.45) is 4.99 Å². The molecule has 0 aliphatic carbocycles. The van der Waals surface area contributed by atoms with Gasteiger partial charge in [-0.15, -0.1) is 0 Å². The van der Waals surface area contributed by atoms with Crippen LogP contribution in [0.15, 0.2) is 70.4 Å². The monoisotopic (exact) mass is 421 g/mol. The van der Waals surface area contributed by atoms with Crippen LogP contribution in [0.25, 0.3) is 0 Å². The number of benzene rings is 1. The second-order valence-electron chi connectivity index (χ2n) is 7.65. The predicted octanol–water partition coefficient (Wildman–Crippen LogP) is 4.33. The zero-order chi connectivity index (χ0) is 22.1. The summed E-state index contributed by atoms with van der Waals surface area (Å²) in [6, 6.07) is 15.8. The second-order valence-corrected chi connectivity index (χ2v) is 7.65. The van der Waals surface area contributed by atoms with E-state index in [0.717, 1.165) is 35.0 Å². The van der Waals surface area contributed by atoms with E-state index in [2.05, 4.69) is 15.6 Å². The summed E-state index contributed by atoms with van der Waals surface area (Å²) in [6.07, 6.45) is 4.42. The number of aromatic nitrogens is 1. The minimum atomic E-state index is 0.145. The van der Waals surface area contributed by atoms with Crippen molar-refractivity contribution in [2.45, 2.75) is 32.9 Å². The molecule has 0 spiro atoms. The number of hydrogen-bond acceptors (Lipinski definition) is 5. The Kier molecular flexibility index (Phi) is 7.92. The molecule has 0 fully saturated rings. The summed E-state index contributed by atoms with van der Waals surface area (Å²) < 4.78 is 11.1. The first-order valence-corrected chi connectivity index (χ1v) is 10.5. The molecular weight excluding hydrogens is 390 g/mol. The maximum Gasteiger partial charge on any atom is 0.196 e. The third-order valence-corrected chi connectivity index (χ3v) is 4.42. The minimum Gasteiger partial charge on any atom is -0.491 e. The smallest absolute Gasteiger partial charge is 0.196 e. The third-order valence-electron chi connectivity index (χ3n) is 4.42. The van der Waals surface area contributed by atoms with Crippen molar-refractivity contribution < 1.29 is 9.15 Å². The Balaban J connectivity index is 1.68. The number of aliphatic imine (C=N–C) groups is 1. The summed E-state index contributed by atoms with van der Waals surface area (Å²) in [4.78, 5) is 11.1. The Morgan fingerprint density at radius 3 is 2.65 bits per heavy atom. The molecule has 31 heavy (non-hydrogen) atoms. The number of nitrogens with zero attached hydrogens (tertiary/aromatic N) is 3. The van der Waals surface area contributed by atoms with E-state index in [4.69, 9.17) is 14.1 Å². The average molecular weight is 422 g/mol. The molecular formula is C24H31N5O2. The average Bonchev–Trinajstić information content (AvgIpc) is 3.26. The van der Waals surface area contributed by atoms with Crippen LogP contribution >= 0.6 is 0 Å². The molecule has 0 atom stereocenters. The molecule has 1 aromatic carbocycles. The topological polar surface area (TPSA) is 74.9 Å². The van der Waals surface area contributed by atoms with Gasteiger partial charge >= 0.3 is 0 Å². The molecule has 0 bridgehead atoms. The molecule has 0 amide bonds. The van der Waals surface area contributed by atoms with E-state index < -0.39 is 0 Å². The summed E-state index contributed by atoms with van der Waals surface area (Å²) in [5.74, 6) is 3.39. The molecule has 0 saturated carbocycles. The number of hydrogen-bond donors (Lipinski definition) is 2. The Bertz CT molecular complexity index is 950. The summed E-state index contributed by atoms with van der Waals surface area (Å²) in [6.45, 7) is 5.27. The Morgan fingerprint density at radius 2 is 1.97 bits per heavy atom. The van der Waals surface area contributed by atoms with Gasteiger partial charge in [0.2, 0.25) is 0 Å². The van der Waals surface area contributed by atoms with Crippen LogP contribution in [0.4, 0.5) is 11.5 Å². The molecule has 3 aromatic rings. The highest BCUT2D eigenvalue weighted by molar-refractivity contribution is 5.93. The van der Waals surface area contributed by atoms with Crippen LogP contribution in [-0.4, -0.2) is 37.7 Å². The Morgan fingerprint density at radius 1 is 1.16 bits per heavy atom. The van der Waals surface area contributed by atoms with E-state index in [1.54, 1.807) is 6.26 Å². The van der Waals surface area contributed by atoms with Crippen molar-refractivity contribution in [1.29, 1.82) is 0 Å². The molecule has 0 unspecified atom stereocenters. The van der Waals surface area contributed by atoms with Crippen LogP contribution in [0.5, 0.6) is 5.75 Å². The van der Waals surface area contributed by atoms with Gasteiger partial charge in [0.15, 0.2) is 5.96 Å². The standard InChI is InChI=1S/C24H31N5O2/c1-18(2)31-22-9-7-20(8-10-22)28-24(26-14-12-21-6-5-15-30-21)27-17-19-11-13-25-23(16-19)29(3)4/h5-11,13,15-16,18H,12,14,17H2,1-4H3,(H2,26,27,28). The molecule has 3 rings (SSSR count). The number of ether oxygens (including phenoxy) is 1. The molecule has 2 N–H and O–H groups in total. The van der Waals surface area contributed by atoms with Crippen LogP contribution in [0.3, 0.4) is 0 Å². The van der Waals surface area contributed by atoms with Gasteiger partial charge < -0.3 is 24.7 Å². The van der Waals surface area contributed by atoms with E-state index >= 15 is 0 Å². The number of anilines is 2. The van der Waals surface area contributed by atoms with Crippen molar-refractivity contribution >= 4 is 17.5 Å². The van der Waals surface area contributed by atoms with Crippen molar-refractivity contribution in [3.8, 4) is 5.75 Å². The first kappa shape index (κ1) is 22.2. The van der Waals surface area contributed by atoms with Crippen molar-refractivity contribution in [3.63, 3.8) is 0 Å². The number of furan rings is 1. The first-order valence-electron chi connectivity index (χ1n) is 10.5. The molecule has 2 heterocycles. The van der Waals surface area contributed by atoms with E-state index in [1.807, 2.05) is 87.6 Å². The highest BCUT2D eigenvalue weighted by Crippen LogP contribution is 2.17. The van der Waals surface area contributed by atoms with Gasteiger partial charge in [-0.3, -0.25) is 0 Å². The lowest BCUT2D eigenvalue weighted by molar-refractivity contribution is 0.242. The summed E-state index contributed by atoms with van der Waals surface area (Å²) in [5.41, 5.74) is 2.02. The Labute approximate surface area is 184 Å².